The van der Waals surface area contributed by atoms with E-state index in [1.807, 2.05) is 60.7 Å². The number of hydrogen-bond donors (Lipinski definition) is 2. The molecule has 0 radical (unpaired) electrons. The normalized spacial score (nSPS) is 20.6. The first-order valence-corrected chi connectivity index (χ1v) is 16.1. The molecule has 0 saturated carbocycles. The smallest absolute Gasteiger partial charge is 0.347 e. The summed E-state index contributed by atoms with van der Waals surface area (Å²) in [5.74, 6) is -2.30. The van der Waals surface area contributed by atoms with E-state index >= 15 is 0 Å². The molecule has 3 N–H and O–H groups in total. The number of rotatable bonds is 11. The average Bonchev–Trinajstić information content (AvgIpc) is 3.07. The van der Waals surface area contributed by atoms with Gasteiger partial charge in [0.2, 0.25) is 18.2 Å². The van der Waals surface area contributed by atoms with E-state index in [2.05, 4.69) is 27.0 Å². The summed E-state index contributed by atoms with van der Waals surface area (Å²) >= 11 is 1.32. The number of nitrogens with zero attached hydrogens (tertiary/aromatic N) is 4. The third-order valence-electron chi connectivity index (χ3n) is 7.48. The van der Waals surface area contributed by atoms with Gasteiger partial charge in [-0.1, -0.05) is 71.9 Å². The molecular formula is C34H36N6O7S. The van der Waals surface area contributed by atoms with Gasteiger partial charge in [-0.25, -0.2) is 14.8 Å². The molecule has 2 aromatic carbocycles. The number of ether oxygens (including phenoxy) is 2. The average molecular weight is 673 g/mol. The molecule has 13 nitrogen and oxygen atoms in total. The molecule has 3 heterocycles. The standard InChI is InChI=1S/C34H36N6O7S/c1-5-34(32(44)46-27(21-12-8-6-9-13-21)22-14-10-7-11-15-22)19-40-30(43)26(31(40)48-20-34)38-29(42)25(28-36-17-16-23(35)37-28)39-45-18-24(41)47-33(2,3)4/h5-17,26-27,31H,1,18-20H2,2-4H3,(H,38,42)(H2,35,36,37)/t26?,31-,34?/m1/s1. The van der Waals surface area contributed by atoms with Crippen molar-refractivity contribution in [3.8, 4) is 0 Å². The van der Waals surface area contributed by atoms with Gasteiger partial charge in [0.1, 0.15) is 28.2 Å². The number of amides is 2. The molecule has 1 aromatic heterocycles. The zero-order chi connectivity index (χ0) is 34.5. The summed E-state index contributed by atoms with van der Waals surface area (Å²) < 4.78 is 11.3. The van der Waals surface area contributed by atoms with Crippen molar-refractivity contribution in [1.82, 2.24) is 20.2 Å². The maximum absolute atomic E-state index is 13.8. The minimum atomic E-state index is -1.19. The number of thioether (sulfide) groups is 1. The van der Waals surface area contributed by atoms with Gasteiger partial charge in [-0.3, -0.25) is 14.4 Å². The number of hydrogen-bond acceptors (Lipinski definition) is 12. The molecule has 3 aromatic rings. The molecule has 0 aliphatic carbocycles. The largest absolute Gasteiger partial charge is 0.457 e. The van der Waals surface area contributed by atoms with Crippen LogP contribution < -0.4 is 11.1 Å². The van der Waals surface area contributed by atoms with Crippen molar-refractivity contribution in [1.29, 1.82) is 0 Å². The Morgan fingerprint density at radius 3 is 2.35 bits per heavy atom. The quantitative estimate of drug-likeness (QED) is 0.101. The number of benzene rings is 2. The maximum Gasteiger partial charge on any atom is 0.347 e. The number of aromatic nitrogens is 2. The van der Waals surface area contributed by atoms with E-state index in [0.717, 1.165) is 11.1 Å². The summed E-state index contributed by atoms with van der Waals surface area (Å²) in [5.41, 5.74) is 5.06. The maximum atomic E-state index is 13.8. The number of nitrogen functional groups attached to an aromatic ring is 1. The summed E-state index contributed by atoms with van der Waals surface area (Å²) in [6.45, 7) is 8.45. The Hall–Kier alpha value is -5.24. The lowest BCUT2D eigenvalue weighted by atomic mass is 9.87. The molecule has 48 heavy (non-hydrogen) atoms. The highest BCUT2D eigenvalue weighted by Gasteiger charge is 2.57. The second kappa shape index (κ2) is 14.3. The van der Waals surface area contributed by atoms with Gasteiger partial charge in [0.15, 0.2) is 11.9 Å². The Balaban J connectivity index is 1.28. The van der Waals surface area contributed by atoms with Crippen LogP contribution >= 0.6 is 11.8 Å². The van der Waals surface area contributed by atoms with Gasteiger partial charge in [-0.2, -0.15) is 0 Å². The predicted octanol–water partition coefficient (Wildman–Crippen LogP) is 3.03. The third kappa shape index (κ3) is 7.65. The highest BCUT2D eigenvalue weighted by atomic mass is 32.2. The van der Waals surface area contributed by atoms with Crippen LogP contribution in [0.1, 0.15) is 43.8 Å². The Morgan fingerprint density at radius 2 is 1.77 bits per heavy atom. The Kier molecular flexibility index (Phi) is 10.1. The highest BCUT2D eigenvalue weighted by Crippen LogP contribution is 2.44. The molecule has 2 aliphatic rings. The van der Waals surface area contributed by atoms with Crippen LogP contribution in [0.4, 0.5) is 5.82 Å². The van der Waals surface area contributed by atoms with Crippen molar-refractivity contribution in [2.75, 3.05) is 24.6 Å². The van der Waals surface area contributed by atoms with Gasteiger partial charge < -0.3 is 30.3 Å². The van der Waals surface area contributed by atoms with E-state index in [9.17, 15) is 19.2 Å². The zero-order valence-electron chi connectivity index (χ0n) is 26.7. The van der Waals surface area contributed by atoms with E-state index in [1.165, 1.54) is 35.0 Å². The van der Waals surface area contributed by atoms with Crippen molar-refractivity contribution in [2.45, 2.75) is 43.9 Å². The first-order valence-electron chi connectivity index (χ1n) is 15.1. The molecular weight excluding hydrogens is 636 g/mol. The summed E-state index contributed by atoms with van der Waals surface area (Å²) in [5, 5.41) is 5.99. The number of β-lactam (4-membered cyclic amide) rings is 1. The third-order valence-corrected chi connectivity index (χ3v) is 9.03. The van der Waals surface area contributed by atoms with Crippen molar-refractivity contribution in [2.24, 2.45) is 10.6 Å². The number of esters is 2. The fraction of sp³-hybridized carbons (Fsp3) is 0.324. The lowest BCUT2D eigenvalue weighted by Gasteiger charge is -2.53. The number of anilines is 1. The first-order chi connectivity index (χ1) is 22.9. The molecule has 2 saturated heterocycles. The van der Waals surface area contributed by atoms with E-state index in [1.54, 1.807) is 20.8 Å². The molecule has 2 aliphatic heterocycles. The molecule has 2 fully saturated rings. The minimum Gasteiger partial charge on any atom is -0.457 e. The molecule has 14 heteroatoms. The van der Waals surface area contributed by atoms with Crippen LogP contribution in [0.3, 0.4) is 0 Å². The molecule has 2 amide bonds. The molecule has 2 unspecified atom stereocenters. The highest BCUT2D eigenvalue weighted by molar-refractivity contribution is 8.00. The topological polar surface area (TPSA) is 175 Å². The number of oxime groups is 1. The number of fused-ring (bicyclic) bond motifs is 1. The first kappa shape index (κ1) is 34.1. The molecule has 3 atom stereocenters. The Labute approximate surface area is 281 Å². The molecule has 0 bridgehead atoms. The van der Waals surface area contributed by atoms with E-state index in [4.69, 9.17) is 20.0 Å². The van der Waals surface area contributed by atoms with Gasteiger partial charge >= 0.3 is 11.9 Å². The van der Waals surface area contributed by atoms with Crippen LogP contribution in [0.25, 0.3) is 0 Å². The van der Waals surface area contributed by atoms with Gasteiger partial charge in [-0.15, -0.1) is 18.3 Å². The second-order valence-corrected chi connectivity index (χ2v) is 13.3. The Morgan fingerprint density at radius 1 is 1.12 bits per heavy atom. The summed E-state index contributed by atoms with van der Waals surface area (Å²) in [6.07, 6.45) is 2.19. The predicted molar refractivity (Wildman–Crippen MR) is 178 cm³/mol. The summed E-state index contributed by atoms with van der Waals surface area (Å²) in [7, 11) is 0. The monoisotopic (exact) mass is 672 g/mol. The van der Waals surface area contributed by atoms with Crippen LogP contribution in [0, 0.1) is 5.41 Å². The lowest BCUT2D eigenvalue weighted by molar-refractivity contribution is -0.162. The summed E-state index contributed by atoms with van der Waals surface area (Å²) in [6, 6.07) is 19.3. The van der Waals surface area contributed by atoms with Crippen molar-refractivity contribution >= 4 is 47.0 Å². The number of nitrogens with two attached hydrogens (primary N) is 1. The van der Waals surface area contributed by atoms with Crippen LogP contribution in [0.2, 0.25) is 0 Å². The summed E-state index contributed by atoms with van der Waals surface area (Å²) in [4.78, 5) is 67.5. The van der Waals surface area contributed by atoms with Crippen molar-refractivity contribution < 1.29 is 33.5 Å². The fourth-order valence-electron chi connectivity index (χ4n) is 5.13. The van der Waals surface area contributed by atoms with E-state index in [-0.39, 0.29) is 23.9 Å². The second-order valence-electron chi connectivity index (χ2n) is 12.2. The van der Waals surface area contributed by atoms with Crippen LogP contribution in [0.15, 0.2) is 90.7 Å². The van der Waals surface area contributed by atoms with Gasteiger partial charge in [0.05, 0.1) is 0 Å². The fourth-order valence-corrected chi connectivity index (χ4v) is 6.66. The molecule has 5 rings (SSSR count). The van der Waals surface area contributed by atoms with Crippen LogP contribution in [-0.2, 0) is 33.5 Å². The number of carbonyl (C=O) groups excluding carboxylic acids is 4. The zero-order valence-corrected chi connectivity index (χ0v) is 27.5. The lowest BCUT2D eigenvalue weighted by Crippen LogP contribution is -2.74. The SMILES string of the molecule is C=CC1(C(=O)OC(c2ccccc2)c2ccccc2)CS[C@@H]2C(NC(=O)C(=NOCC(=O)OC(C)(C)C)c3nccc(N)n3)C(=O)N2C1. The van der Waals surface area contributed by atoms with Gasteiger partial charge in [-0.05, 0) is 38.0 Å². The molecule has 0 spiro atoms. The number of nitrogens with one attached hydrogen (secondary N) is 1. The van der Waals surface area contributed by atoms with Gasteiger partial charge in [0, 0.05) is 18.5 Å². The minimum absolute atomic E-state index is 0.0206. The van der Waals surface area contributed by atoms with Crippen LogP contribution in [-0.4, -0.2) is 80.3 Å². The molecule has 250 valence electrons. The van der Waals surface area contributed by atoms with Crippen molar-refractivity contribution in [3.05, 3.63) is 103 Å². The van der Waals surface area contributed by atoms with E-state index < -0.39 is 64.6 Å². The number of carbonyl (C=O) groups is 4. The van der Waals surface area contributed by atoms with E-state index in [0.29, 0.717) is 0 Å². The van der Waals surface area contributed by atoms with Crippen LogP contribution in [0.5, 0.6) is 0 Å². The van der Waals surface area contributed by atoms with Gasteiger partial charge in [0.25, 0.3) is 5.91 Å². The Bertz CT molecular complexity index is 1680. The van der Waals surface area contributed by atoms with Crippen molar-refractivity contribution in [3.63, 3.8) is 0 Å².